The molecule has 1 aliphatic heterocycles. The van der Waals surface area contributed by atoms with Gasteiger partial charge in [-0.3, -0.25) is 10.1 Å². The Morgan fingerprint density at radius 2 is 2.03 bits per heavy atom. The predicted octanol–water partition coefficient (Wildman–Crippen LogP) is 3.73. The van der Waals surface area contributed by atoms with Gasteiger partial charge in [-0.2, -0.15) is 5.26 Å². The van der Waals surface area contributed by atoms with Crippen molar-refractivity contribution in [2.45, 2.75) is 24.2 Å². The number of nitrogens with one attached hydrogen (secondary N) is 2. The summed E-state index contributed by atoms with van der Waals surface area (Å²) in [5.74, 6) is 1.24. The monoisotopic (exact) mass is 451 g/mol. The smallest absolute Gasteiger partial charge is 0.237 e. The van der Waals surface area contributed by atoms with Crippen LogP contribution in [0.4, 0.5) is 11.5 Å². The molecule has 1 amide bonds. The lowest BCUT2D eigenvalue weighted by molar-refractivity contribution is -0.119. The van der Waals surface area contributed by atoms with Crippen LogP contribution >= 0.6 is 11.6 Å². The zero-order chi connectivity index (χ0) is 21.8. The van der Waals surface area contributed by atoms with Gasteiger partial charge in [-0.1, -0.05) is 35.9 Å². The van der Waals surface area contributed by atoms with Gasteiger partial charge in [0.05, 0.1) is 6.42 Å². The van der Waals surface area contributed by atoms with Crippen molar-refractivity contribution >= 4 is 40.2 Å². The van der Waals surface area contributed by atoms with E-state index in [-0.39, 0.29) is 12.3 Å². The third kappa shape index (κ3) is 4.97. The Morgan fingerprint density at radius 3 is 2.77 bits per heavy atom. The van der Waals surface area contributed by atoms with Gasteiger partial charge in [-0.05, 0) is 53.8 Å². The highest BCUT2D eigenvalue weighted by Crippen LogP contribution is 2.33. The summed E-state index contributed by atoms with van der Waals surface area (Å²) in [5, 5.41) is 14.5. The number of amides is 1. The second kappa shape index (κ2) is 9.35. The Labute approximate surface area is 187 Å². The van der Waals surface area contributed by atoms with E-state index in [9.17, 15) is 9.35 Å². The molecule has 0 saturated heterocycles. The van der Waals surface area contributed by atoms with Crippen LogP contribution in [0.2, 0.25) is 5.02 Å². The number of halogens is 1. The fourth-order valence-electron chi connectivity index (χ4n) is 3.35. The van der Waals surface area contributed by atoms with Crippen molar-refractivity contribution in [3.05, 3.63) is 64.8 Å². The van der Waals surface area contributed by atoms with Crippen LogP contribution in [0.15, 0.2) is 53.4 Å². The topological polar surface area (TPSA) is 114 Å². The molecule has 0 fully saturated rings. The predicted molar refractivity (Wildman–Crippen MR) is 119 cm³/mol. The van der Waals surface area contributed by atoms with Gasteiger partial charge in [0.2, 0.25) is 10.8 Å². The Bertz CT molecular complexity index is 1160. The van der Waals surface area contributed by atoms with Gasteiger partial charge in [-0.15, -0.1) is 0 Å². The number of fused-ring (bicyclic) bond motifs is 1. The second-order valence-electron chi connectivity index (χ2n) is 6.99. The molecule has 31 heavy (non-hydrogen) atoms. The van der Waals surface area contributed by atoms with Gasteiger partial charge in [0.25, 0.3) is 0 Å². The lowest BCUT2D eigenvalue weighted by Crippen LogP contribution is -2.21. The van der Waals surface area contributed by atoms with Gasteiger partial charge in [0.15, 0.2) is 17.8 Å². The number of aryl methyl sites for hydroxylation is 1. The molecule has 0 saturated carbocycles. The fourth-order valence-corrected chi connectivity index (χ4v) is 4.88. The first-order valence-electron chi connectivity index (χ1n) is 9.62. The highest BCUT2D eigenvalue weighted by molar-refractivity contribution is 7.91. The molecule has 2 aromatic carbocycles. The maximum atomic E-state index is 12.7. The van der Waals surface area contributed by atoms with E-state index >= 15 is 0 Å². The molecule has 0 bridgehead atoms. The number of benzene rings is 2. The van der Waals surface area contributed by atoms with Gasteiger partial charge < -0.3 is 9.87 Å². The molecular formula is C22H18ClN5O2S. The second-order valence-corrected chi connectivity index (χ2v) is 8.94. The number of nitriles is 1. The minimum atomic E-state index is -1.18. The standard InChI is InChI=1S/C22H18ClN5O2S/c23-16-4-1-3-15(12-16)21-27-18-5-2-10-31(30)20(18)22(28-21)26-17-8-6-14(7-9-17)11-19(29)25-13-24/h1,3-4,6-9,12H,2,5,10-11H2,(H,25,29)(H,26,27,28). The quantitative estimate of drug-likeness (QED) is 0.347. The third-order valence-corrected chi connectivity index (χ3v) is 6.55. The highest BCUT2D eigenvalue weighted by Gasteiger charge is 2.29. The molecule has 4 rings (SSSR count). The van der Waals surface area contributed by atoms with Gasteiger partial charge in [0.1, 0.15) is 11.4 Å². The molecule has 1 unspecified atom stereocenters. The van der Waals surface area contributed by atoms with Crippen molar-refractivity contribution in [2.75, 3.05) is 11.1 Å². The van der Waals surface area contributed by atoms with E-state index in [2.05, 4.69) is 20.6 Å². The van der Waals surface area contributed by atoms with Crippen LogP contribution in [-0.4, -0.2) is 26.2 Å². The summed E-state index contributed by atoms with van der Waals surface area (Å²) in [6.07, 6.45) is 3.28. The van der Waals surface area contributed by atoms with Crippen molar-refractivity contribution in [2.24, 2.45) is 0 Å². The Balaban J connectivity index is 1.66. The van der Waals surface area contributed by atoms with Crippen LogP contribution < -0.4 is 10.6 Å². The first-order chi connectivity index (χ1) is 15.0. The van der Waals surface area contributed by atoms with Crippen LogP contribution in [0.5, 0.6) is 0 Å². The number of hydrogen-bond acceptors (Lipinski definition) is 6. The van der Waals surface area contributed by atoms with Crippen molar-refractivity contribution in [3.8, 4) is 17.6 Å². The van der Waals surface area contributed by atoms with E-state index < -0.39 is 11.2 Å². The number of hydrogen-bond donors (Lipinski definition) is 2. The first kappa shape index (κ1) is 21.1. The van der Waals surface area contributed by atoms with Gasteiger partial charge >= 0.3 is 0 Å². The molecule has 156 valence electrons. The van der Waals surface area contributed by atoms with E-state index in [4.69, 9.17) is 16.9 Å². The van der Waals surface area contributed by atoms with Crippen molar-refractivity contribution in [1.82, 2.24) is 15.3 Å². The molecule has 3 aromatic rings. The van der Waals surface area contributed by atoms with E-state index in [1.54, 1.807) is 30.5 Å². The Hall–Kier alpha value is -3.12. The maximum absolute atomic E-state index is 12.7. The average molecular weight is 452 g/mol. The van der Waals surface area contributed by atoms with Crippen LogP contribution in [0.1, 0.15) is 17.7 Å². The number of carbonyl (C=O) groups excluding carboxylic acids is 1. The van der Waals surface area contributed by atoms with Crippen LogP contribution in [-0.2, 0) is 28.8 Å². The zero-order valence-electron chi connectivity index (χ0n) is 16.4. The number of nitrogens with zero attached hydrogens (tertiary/aromatic N) is 3. The summed E-state index contributed by atoms with van der Waals surface area (Å²) in [4.78, 5) is 21.5. The van der Waals surface area contributed by atoms with E-state index in [0.29, 0.717) is 27.3 Å². The van der Waals surface area contributed by atoms with Crippen LogP contribution in [0, 0.1) is 11.5 Å². The highest BCUT2D eigenvalue weighted by atomic mass is 35.5. The number of carbonyl (C=O) groups is 1. The summed E-state index contributed by atoms with van der Waals surface area (Å²) < 4.78 is 12.7. The van der Waals surface area contributed by atoms with Gasteiger partial charge in [-0.25, -0.2) is 9.97 Å². The molecule has 1 aromatic heterocycles. The lowest BCUT2D eigenvalue weighted by atomic mass is 10.1. The van der Waals surface area contributed by atoms with Crippen molar-refractivity contribution in [1.29, 1.82) is 5.26 Å². The summed E-state index contributed by atoms with van der Waals surface area (Å²) in [7, 11) is 0. The molecule has 1 atom stereocenters. The zero-order valence-corrected chi connectivity index (χ0v) is 18.0. The molecule has 1 aliphatic rings. The largest absolute Gasteiger partial charge is 0.611 e. The molecule has 7 nitrogen and oxygen atoms in total. The van der Waals surface area contributed by atoms with Crippen LogP contribution in [0.3, 0.4) is 0 Å². The number of rotatable bonds is 5. The first-order valence-corrected chi connectivity index (χ1v) is 11.3. The molecule has 0 radical (unpaired) electrons. The third-order valence-electron chi connectivity index (χ3n) is 4.77. The number of anilines is 2. The minimum Gasteiger partial charge on any atom is -0.611 e. The normalized spacial score (nSPS) is 14.9. The van der Waals surface area contributed by atoms with Crippen molar-refractivity contribution in [3.63, 3.8) is 0 Å². The van der Waals surface area contributed by atoms with E-state index in [0.717, 1.165) is 35.3 Å². The van der Waals surface area contributed by atoms with Crippen molar-refractivity contribution < 1.29 is 9.35 Å². The van der Waals surface area contributed by atoms with E-state index in [1.807, 2.05) is 24.3 Å². The summed E-state index contributed by atoms with van der Waals surface area (Å²) >= 11 is 4.95. The summed E-state index contributed by atoms with van der Waals surface area (Å²) in [5.41, 5.74) is 3.08. The average Bonchev–Trinajstić information content (AvgIpc) is 2.75. The SMILES string of the molecule is N#CNC(=O)Cc1ccc(Nc2nc(-c3cccc(Cl)c3)nc3c2[S+]([O-])CCC3)cc1. The van der Waals surface area contributed by atoms with Crippen LogP contribution in [0.25, 0.3) is 11.4 Å². The van der Waals surface area contributed by atoms with Gasteiger partial charge in [0, 0.05) is 16.3 Å². The Kier molecular flexibility index (Phi) is 6.37. The lowest BCUT2D eigenvalue weighted by Gasteiger charge is -2.22. The molecular weight excluding hydrogens is 434 g/mol. The fraction of sp³-hybridized carbons (Fsp3) is 0.182. The van der Waals surface area contributed by atoms with E-state index in [1.165, 1.54) is 0 Å². The Morgan fingerprint density at radius 1 is 1.23 bits per heavy atom. The number of aromatic nitrogens is 2. The molecule has 0 spiro atoms. The maximum Gasteiger partial charge on any atom is 0.237 e. The summed E-state index contributed by atoms with van der Waals surface area (Å²) in [6.45, 7) is 0. The molecule has 2 N–H and O–H groups in total. The summed E-state index contributed by atoms with van der Waals surface area (Å²) in [6, 6.07) is 14.5. The minimum absolute atomic E-state index is 0.111. The molecule has 9 heteroatoms. The molecule has 2 heterocycles. The molecule has 0 aliphatic carbocycles.